The molecule has 3 N–H and O–H groups in total. The van der Waals surface area contributed by atoms with Crippen LogP contribution in [0.1, 0.15) is 0 Å². The van der Waals surface area contributed by atoms with Crippen molar-refractivity contribution in [2.45, 2.75) is 0 Å². The van der Waals surface area contributed by atoms with Crippen molar-refractivity contribution in [1.82, 2.24) is 0 Å². The van der Waals surface area contributed by atoms with E-state index in [4.69, 9.17) is 15.3 Å². The molecular weight excluding hydrogens is 164 g/mol. The molecule has 0 aliphatic heterocycles. The maximum atomic E-state index is 10.00. The molecule has 5 nitrogen and oxygen atoms in total. The number of benzene rings is 1. The molecule has 12 heavy (non-hydrogen) atoms. The van der Waals surface area contributed by atoms with Crippen molar-refractivity contribution in [3.63, 3.8) is 0 Å². The molecule has 0 heterocycles. The van der Waals surface area contributed by atoms with Gasteiger partial charge in [0.05, 0.1) is 0 Å². The summed E-state index contributed by atoms with van der Waals surface area (Å²) in [6.07, 6.45) is -1.47. The molecule has 5 heteroatoms. The smallest absolute Gasteiger partial charge is 0.504 e. The molecule has 1 aromatic carbocycles. The number of aromatic hydroxyl groups is 2. The number of carbonyl (C=O) groups is 1. The first-order chi connectivity index (χ1) is 5.59. The highest BCUT2D eigenvalue weighted by Gasteiger charge is 2.04. The molecule has 0 fully saturated rings. The minimum atomic E-state index is -1.47. The predicted octanol–water partition coefficient (Wildman–Crippen LogP) is 1.15. The molecular formula is C7H6O5. The SMILES string of the molecule is O=C(O)Oc1ccc(O)c(O)c1. The second kappa shape index (κ2) is 3.00. The number of phenols is 2. The summed E-state index contributed by atoms with van der Waals surface area (Å²) in [6, 6.07) is 3.36. The van der Waals surface area contributed by atoms with Crippen LogP contribution >= 0.6 is 0 Å². The summed E-state index contributed by atoms with van der Waals surface area (Å²) in [6.45, 7) is 0. The Balaban J connectivity index is 2.89. The van der Waals surface area contributed by atoms with Gasteiger partial charge < -0.3 is 20.1 Å². The summed E-state index contributed by atoms with van der Waals surface area (Å²) >= 11 is 0. The van der Waals surface area contributed by atoms with Crippen LogP contribution in [0.3, 0.4) is 0 Å². The van der Waals surface area contributed by atoms with Gasteiger partial charge in [0.25, 0.3) is 0 Å². The van der Waals surface area contributed by atoms with Gasteiger partial charge in [-0.15, -0.1) is 0 Å². The van der Waals surface area contributed by atoms with E-state index in [0.29, 0.717) is 0 Å². The van der Waals surface area contributed by atoms with E-state index in [2.05, 4.69) is 4.74 Å². The largest absolute Gasteiger partial charge is 0.511 e. The molecule has 0 bridgehead atoms. The average molecular weight is 170 g/mol. The van der Waals surface area contributed by atoms with Gasteiger partial charge in [0.1, 0.15) is 5.75 Å². The van der Waals surface area contributed by atoms with Gasteiger partial charge >= 0.3 is 6.16 Å². The lowest BCUT2D eigenvalue weighted by atomic mass is 10.3. The fraction of sp³-hybridized carbons (Fsp3) is 0. The molecule has 0 radical (unpaired) electrons. The Labute approximate surface area is 67.5 Å². The quantitative estimate of drug-likeness (QED) is 0.334. The van der Waals surface area contributed by atoms with Crippen LogP contribution in [-0.2, 0) is 0 Å². The summed E-state index contributed by atoms with van der Waals surface area (Å²) in [5.41, 5.74) is 0. The van der Waals surface area contributed by atoms with Gasteiger partial charge in [0.15, 0.2) is 11.5 Å². The number of ether oxygens (including phenoxy) is 1. The van der Waals surface area contributed by atoms with Gasteiger partial charge in [-0.25, -0.2) is 4.79 Å². The summed E-state index contributed by atoms with van der Waals surface area (Å²) in [4.78, 5) is 10.00. The van der Waals surface area contributed by atoms with Crippen LogP contribution in [0.25, 0.3) is 0 Å². The Kier molecular flexibility index (Phi) is 2.05. The molecule has 1 rings (SSSR count). The second-order valence-electron chi connectivity index (χ2n) is 2.02. The standard InChI is InChI=1S/C7H6O5/c8-5-2-1-4(3-6(5)9)12-7(10)11/h1-3,8-9H,(H,10,11). The topological polar surface area (TPSA) is 87.0 Å². The maximum Gasteiger partial charge on any atom is 0.511 e. The predicted molar refractivity (Wildman–Crippen MR) is 38.4 cm³/mol. The zero-order valence-corrected chi connectivity index (χ0v) is 5.89. The Morgan fingerprint density at radius 2 is 1.92 bits per heavy atom. The van der Waals surface area contributed by atoms with Crippen molar-refractivity contribution < 1.29 is 24.9 Å². The monoisotopic (exact) mass is 170 g/mol. The fourth-order valence-corrected chi connectivity index (χ4v) is 0.668. The first-order valence-electron chi connectivity index (χ1n) is 3.02. The highest BCUT2D eigenvalue weighted by molar-refractivity contribution is 5.62. The number of hydrogen-bond acceptors (Lipinski definition) is 4. The Bertz CT molecular complexity index is 307. The van der Waals surface area contributed by atoms with Crippen LogP contribution in [0.2, 0.25) is 0 Å². The summed E-state index contributed by atoms with van der Waals surface area (Å²) in [7, 11) is 0. The van der Waals surface area contributed by atoms with E-state index in [1.54, 1.807) is 0 Å². The van der Waals surface area contributed by atoms with E-state index in [1.807, 2.05) is 0 Å². The fourth-order valence-electron chi connectivity index (χ4n) is 0.668. The molecule has 0 spiro atoms. The molecule has 0 aromatic heterocycles. The van der Waals surface area contributed by atoms with Gasteiger partial charge in [0, 0.05) is 6.07 Å². The second-order valence-corrected chi connectivity index (χ2v) is 2.02. The van der Waals surface area contributed by atoms with E-state index in [-0.39, 0.29) is 11.5 Å². The normalized spacial score (nSPS) is 9.33. The minimum Gasteiger partial charge on any atom is -0.504 e. The lowest BCUT2D eigenvalue weighted by molar-refractivity contribution is 0.144. The number of hydrogen-bond donors (Lipinski definition) is 3. The third kappa shape index (κ3) is 1.79. The minimum absolute atomic E-state index is 0.0437. The lowest BCUT2D eigenvalue weighted by Gasteiger charge is -2.00. The van der Waals surface area contributed by atoms with Crippen LogP contribution in [0.15, 0.2) is 18.2 Å². The van der Waals surface area contributed by atoms with Crippen molar-refractivity contribution >= 4 is 6.16 Å². The summed E-state index contributed by atoms with van der Waals surface area (Å²) in [5, 5.41) is 25.9. The lowest BCUT2D eigenvalue weighted by Crippen LogP contribution is -2.02. The molecule has 0 unspecified atom stereocenters. The number of rotatable bonds is 1. The van der Waals surface area contributed by atoms with Gasteiger partial charge in [0.2, 0.25) is 0 Å². The Morgan fingerprint density at radius 1 is 1.25 bits per heavy atom. The average Bonchev–Trinajstić information content (AvgIpc) is 1.96. The molecule has 0 saturated carbocycles. The van der Waals surface area contributed by atoms with Crippen molar-refractivity contribution in [2.75, 3.05) is 0 Å². The Morgan fingerprint density at radius 3 is 2.42 bits per heavy atom. The van der Waals surface area contributed by atoms with Crippen molar-refractivity contribution in [2.24, 2.45) is 0 Å². The van der Waals surface area contributed by atoms with Gasteiger partial charge in [-0.1, -0.05) is 0 Å². The number of phenolic OH excluding ortho intramolecular Hbond substituents is 2. The van der Waals surface area contributed by atoms with E-state index >= 15 is 0 Å². The molecule has 0 amide bonds. The zero-order chi connectivity index (χ0) is 9.14. The van der Waals surface area contributed by atoms with Crippen molar-refractivity contribution in [1.29, 1.82) is 0 Å². The third-order valence-electron chi connectivity index (χ3n) is 1.15. The summed E-state index contributed by atoms with van der Waals surface area (Å²) in [5.74, 6) is -0.792. The third-order valence-corrected chi connectivity index (χ3v) is 1.15. The van der Waals surface area contributed by atoms with Gasteiger partial charge in [-0.3, -0.25) is 0 Å². The molecule has 0 saturated heterocycles. The van der Waals surface area contributed by atoms with Crippen molar-refractivity contribution in [3.05, 3.63) is 18.2 Å². The highest BCUT2D eigenvalue weighted by Crippen LogP contribution is 2.28. The van der Waals surface area contributed by atoms with Crippen LogP contribution in [0.4, 0.5) is 4.79 Å². The maximum absolute atomic E-state index is 10.00. The van der Waals surface area contributed by atoms with Crippen molar-refractivity contribution in [3.8, 4) is 17.2 Å². The van der Waals surface area contributed by atoms with E-state index in [0.717, 1.165) is 12.1 Å². The molecule has 0 aliphatic rings. The first-order valence-corrected chi connectivity index (χ1v) is 3.02. The molecule has 1 aromatic rings. The van der Waals surface area contributed by atoms with Crippen LogP contribution < -0.4 is 4.74 Å². The van der Waals surface area contributed by atoms with Gasteiger partial charge in [-0.05, 0) is 12.1 Å². The number of carboxylic acid groups (broad SMARTS) is 1. The highest BCUT2D eigenvalue weighted by atomic mass is 16.7. The Hall–Kier alpha value is -1.91. The first kappa shape index (κ1) is 8.19. The zero-order valence-electron chi connectivity index (χ0n) is 5.89. The van der Waals surface area contributed by atoms with Crippen LogP contribution in [-0.4, -0.2) is 21.5 Å². The molecule has 0 atom stereocenters. The van der Waals surface area contributed by atoms with Gasteiger partial charge in [-0.2, -0.15) is 0 Å². The summed E-state index contributed by atoms with van der Waals surface area (Å²) < 4.78 is 4.20. The van der Waals surface area contributed by atoms with Crippen LogP contribution in [0.5, 0.6) is 17.2 Å². The van der Waals surface area contributed by atoms with E-state index in [9.17, 15) is 4.79 Å². The van der Waals surface area contributed by atoms with E-state index < -0.39 is 11.9 Å². The van der Waals surface area contributed by atoms with Crippen LogP contribution in [0, 0.1) is 0 Å². The van der Waals surface area contributed by atoms with E-state index in [1.165, 1.54) is 6.07 Å². The molecule has 64 valence electrons. The molecule has 0 aliphatic carbocycles.